The summed E-state index contributed by atoms with van der Waals surface area (Å²) in [6.07, 6.45) is 0. The van der Waals surface area contributed by atoms with Crippen molar-refractivity contribution in [3.63, 3.8) is 0 Å². The van der Waals surface area contributed by atoms with E-state index in [0.29, 0.717) is 16.4 Å². The van der Waals surface area contributed by atoms with Gasteiger partial charge >= 0.3 is 0 Å². The van der Waals surface area contributed by atoms with Gasteiger partial charge in [-0.1, -0.05) is 28.1 Å². The van der Waals surface area contributed by atoms with Crippen LogP contribution in [0, 0.1) is 5.82 Å². The number of aromatic nitrogens is 3. The van der Waals surface area contributed by atoms with Crippen molar-refractivity contribution in [2.45, 2.75) is 0 Å². The molecule has 4 rings (SSSR count). The van der Waals surface area contributed by atoms with Crippen molar-refractivity contribution in [1.82, 2.24) is 14.8 Å². The molecule has 0 unspecified atom stereocenters. The fourth-order valence-electron chi connectivity index (χ4n) is 2.58. The summed E-state index contributed by atoms with van der Waals surface area (Å²) in [5.74, 6) is -0.955. The lowest BCUT2D eigenvalue weighted by Gasteiger charge is -2.00. The number of nitrogens with zero attached hydrogens (tertiary/aromatic N) is 3. The first-order valence-corrected chi connectivity index (χ1v) is 9.56. The molecule has 0 fully saturated rings. The van der Waals surface area contributed by atoms with Gasteiger partial charge in [0.05, 0.1) is 11.4 Å². The lowest BCUT2D eigenvalue weighted by molar-refractivity contribution is 0.0993. The minimum absolute atomic E-state index is 0.214. The zero-order chi connectivity index (χ0) is 19.0. The molecule has 1 amide bonds. The molecule has 2 aromatic carbocycles. The maximum absolute atomic E-state index is 13.2. The number of nitrogens with two attached hydrogens (primary N) is 1. The number of carbonyl (C=O) groups is 1. The van der Waals surface area contributed by atoms with Gasteiger partial charge < -0.3 is 5.73 Å². The van der Waals surface area contributed by atoms with Crippen molar-refractivity contribution in [2.24, 2.45) is 5.73 Å². The third kappa shape index (κ3) is 3.54. The molecule has 0 saturated heterocycles. The average Bonchev–Trinajstić information content (AvgIpc) is 3.30. The molecular formula is C19H12BrFN4OS. The van der Waals surface area contributed by atoms with Gasteiger partial charge in [0.15, 0.2) is 0 Å². The van der Waals surface area contributed by atoms with E-state index in [1.165, 1.54) is 28.2 Å². The van der Waals surface area contributed by atoms with E-state index in [9.17, 15) is 9.18 Å². The summed E-state index contributed by atoms with van der Waals surface area (Å²) in [6, 6.07) is 15.2. The van der Waals surface area contributed by atoms with Gasteiger partial charge in [-0.15, -0.1) is 11.3 Å². The summed E-state index contributed by atoms with van der Waals surface area (Å²) in [4.78, 5) is 16.5. The first-order chi connectivity index (χ1) is 13.0. The fourth-order valence-corrected chi connectivity index (χ4v) is 3.64. The van der Waals surface area contributed by atoms with Crippen LogP contribution >= 0.6 is 27.3 Å². The van der Waals surface area contributed by atoms with Gasteiger partial charge in [-0.05, 0) is 42.5 Å². The minimum atomic E-state index is -0.615. The third-order valence-electron chi connectivity index (χ3n) is 3.92. The normalized spacial score (nSPS) is 10.9. The summed E-state index contributed by atoms with van der Waals surface area (Å²) in [5.41, 5.74) is 8.65. The lowest BCUT2D eigenvalue weighted by Crippen LogP contribution is -2.16. The molecule has 4 aromatic rings. The van der Waals surface area contributed by atoms with Crippen LogP contribution in [0.1, 0.15) is 10.5 Å². The second kappa shape index (κ2) is 7.05. The molecule has 0 spiro atoms. The highest BCUT2D eigenvalue weighted by molar-refractivity contribution is 9.10. The van der Waals surface area contributed by atoms with E-state index in [2.05, 4.69) is 26.0 Å². The zero-order valence-electron chi connectivity index (χ0n) is 13.8. The third-order valence-corrected chi connectivity index (χ3v) is 5.26. The topological polar surface area (TPSA) is 73.8 Å². The number of benzene rings is 2. The SMILES string of the molecule is NC(=O)c1cc(-c2ccc(F)cc2)nn1-c1nc(-c2ccc(Br)cc2)cs1. The number of halogens is 2. The molecule has 0 saturated carbocycles. The quantitative estimate of drug-likeness (QED) is 0.499. The van der Waals surface area contributed by atoms with Crippen LogP contribution in [0.2, 0.25) is 0 Å². The van der Waals surface area contributed by atoms with Crippen LogP contribution in [-0.4, -0.2) is 20.7 Å². The highest BCUT2D eigenvalue weighted by atomic mass is 79.9. The molecular weight excluding hydrogens is 431 g/mol. The Kier molecular flexibility index (Phi) is 4.59. The van der Waals surface area contributed by atoms with Crippen molar-refractivity contribution in [3.05, 3.63) is 76.0 Å². The fraction of sp³-hybridized carbons (Fsp3) is 0. The van der Waals surface area contributed by atoms with E-state index in [1.54, 1.807) is 18.2 Å². The van der Waals surface area contributed by atoms with Gasteiger partial charge in [-0.25, -0.2) is 9.37 Å². The summed E-state index contributed by atoms with van der Waals surface area (Å²) >= 11 is 4.76. The Labute approximate surface area is 166 Å². The van der Waals surface area contributed by atoms with Crippen LogP contribution in [-0.2, 0) is 0 Å². The minimum Gasteiger partial charge on any atom is -0.364 e. The van der Waals surface area contributed by atoms with Crippen molar-refractivity contribution in [2.75, 3.05) is 0 Å². The Morgan fingerprint density at radius 3 is 2.33 bits per heavy atom. The van der Waals surface area contributed by atoms with Crippen LogP contribution in [0.4, 0.5) is 4.39 Å². The molecule has 5 nitrogen and oxygen atoms in total. The molecule has 134 valence electrons. The van der Waals surface area contributed by atoms with Gasteiger partial charge in [-0.2, -0.15) is 9.78 Å². The molecule has 0 bridgehead atoms. The maximum atomic E-state index is 13.2. The summed E-state index contributed by atoms with van der Waals surface area (Å²) in [7, 11) is 0. The Bertz CT molecular complexity index is 1120. The molecule has 2 heterocycles. The molecule has 2 N–H and O–H groups in total. The molecule has 0 atom stereocenters. The first kappa shape index (κ1) is 17.6. The maximum Gasteiger partial charge on any atom is 0.267 e. The van der Waals surface area contributed by atoms with E-state index >= 15 is 0 Å². The number of primary amides is 1. The Balaban J connectivity index is 1.76. The van der Waals surface area contributed by atoms with Gasteiger partial charge in [0.2, 0.25) is 5.13 Å². The van der Waals surface area contributed by atoms with Gasteiger partial charge in [0.1, 0.15) is 11.5 Å². The molecule has 8 heteroatoms. The van der Waals surface area contributed by atoms with Crippen molar-refractivity contribution in [3.8, 4) is 27.6 Å². The number of rotatable bonds is 4. The van der Waals surface area contributed by atoms with Gasteiger partial charge in [0.25, 0.3) is 5.91 Å². The number of thiazole rings is 1. The largest absolute Gasteiger partial charge is 0.364 e. The van der Waals surface area contributed by atoms with Crippen molar-refractivity contribution in [1.29, 1.82) is 0 Å². The molecule has 27 heavy (non-hydrogen) atoms. The van der Waals surface area contributed by atoms with Crippen LogP contribution in [0.5, 0.6) is 0 Å². The molecule has 0 aliphatic rings. The predicted octanol–water partition coefficient (Wildman–Crippen LogP) is 4.66. The van der Waals surface area contributed by atoms with E-state index in [4.69, 9.17) is 5.73 Å². The summed E-state index contributed by atoms with van der Waals surface area (Å²) < 4.78 is 15.6. The second-order valence-corrected chi connectivity index (χ2v) is 7.47. The Hall–Kier alpha value is -2.84. The van der Waals surface area contributed by atoms with E-state index < -0.39 is 5.91 Å². The molecule has 0 aliphatic heterocycles. The standard InChI is InChI=1S/C19H12BrFN4OS/c20-13-5-1-12(2-6-13)16-10-27-19(23-16)25-17(18(22)26)9-15(24-25)11-3-7-14(21)8-4-11/h1-10H,(H2,22,26). The van der Waals surface area contributed by atoms with Gasteiger partial charge in [-0.3, -0.25) is 4.79 Å². The van der Waals surface area contributed by atoms with Crippen molar-refractivity contribution >= 4 is 33.2 Å². The number of amides is 1. The second-order valence-electron chi connectivity index (χ2n) is 5.72. The predicted molar refractivity (Wildman–Crippen MR) is 106 cm³/mol. The van der Waals surface area contributed by atoms with Gasteiger partial charge in [0, 0.05) is 21.0 Å². The lowest BCUT2D eigenvalue weighted by atomic mass is 10.1. The molecule has 0 aliphatic carbocycles. The number of hydrogen-bond acceptors (Lipinski definition) is 4. The van der Waals surface area contributed by atoms with Crippen LogP contribution < -0.4 is 5.73 Å². The van der Waals surface area contributed by atoms with Crippen LogP contribution in [0.25, 0.3) is 27.6 Å². The van der Waals surface area contributed by atoms with E-state index in [0.717, 1.165) is 15.7 Å². The molecule has 0 radical (unpaired) electrons. The summed E-state index contributed by atoms with van der Waals surface area (Å²) in [5, 5.41) is 6.87. The van der Waals surface area contributed by atoms with E-state index in [1.807, 2.05) is 29.6 Å². The number of carbonyl (C=O) groups excluding carboxylic acids is 1. The monoisotopic (exact) mass is 442 g/mol. The van der Waals surface area contributed by atoms with Crippen LogP contribution in [0.3, 0.4) is 0 Å². The van der Waals surface area contributed by atoms with E-state index in [-0.39, 0.29) is 11.5 Å². The number of hydrogen-bond donors (Lipinski definition) is 1. The molecule has 2 aromatic heterocycles. The highest BCUT2D eigenvalue weighted by Gasteiger charge is 2.18. The summed E-state index contributed by atoms with van der Waals surface area (Å²) in [6.45, 7) is 0. The smallest absolute Gasteiger partial charge is 0.267 e. The first-order valence-electron chi connectivity index (χ1n) is 7.89. The average molecular weight is 443 g/mol. The Morgan fingerprint density at radius 2 is 1.67 bits per heavy atom. The highest BCUT2D eigenvalue weighted by Crippen LogP contribution is 2.28. The van der Waals surface area contributed by atoms with Crippen molar-refractivity contribution < 1.29 is 9.18 Å². The Morgan fingerprint density at radius 1 is 1.04 bits per heavy atom. The van der Waals surface area contributed by atoms with Crippen LogP contribution in [0.15, 0.2) is 64.5 Å². The zero-order valence-corrected chi connectivity index (χ0v) is 16.2.